The summed E-state index contributed by atoms with van der Waals surface area (Å²) >= 11 is 0. The predicted octanol–water partition coefficient (Wildman–Crippen LogP) is 1.72. The molecule has 0 atom stereocenters. The third kappa shape index (κ3) is 1.84. The number of nitriles is 1. The Morgan fingerprint density at radius 3 is 2.76 bits per heavy atom. The Labute approximate surface area is 120 Å². The summed E-state index contributed by atoms with van der Waals surface area (Å²) in [5, 5.41) is 20.0. The minimum Gasteiger partial charge on any atom is -0.338 e. The Balaban J connectivity index is 2.47. The molecule has 0 saturated carbocycles. The monoisotopic (exact) mass is 282 g/mol. The van der Waals surface area contributed by atoms with Crippen molar-refractivity contribution < 1.29 is 0 Å². The fourth-order valence-electron chi connectivity index (χ4n) is 2.47. The molecule has 0 aliphatic heterocycles. The van der Waals surface area contributed by atoms with Crippen LogP contribution in [0.5, 0.6) is 0 Å². The third-order valence-corrected chi connectivity index (χ3v) is 3.50. The second-order valence-corrected chi connectivity index (χ2v) is 5.19. The average Bonchev–Trinajstić information content (AvgIpc) is 3.03. The van der Waals surface area contributed by atoms with Crippen molar-refractivity contribution in [2.24, 2.45) is 0 Å². The highest BCUT2D eigenvalue weighted by Crippen LogP contribution is 2.27. The number of hydrogen-bond acceptors (Lipinski definition) is 4. The highest BCUT2D eigenvalue weighted by molar-refractivity contribution is 5.69. The summed E-state index contributed by atoms with van der Waals surface area (Å²) in [4.78, 5) is 15.8. The van der Waals surface area contributed by atoms with Gasteiger partial charge in [-0.15, -0.1) is 0 Å². The highest BCUT2D eigenvalue weighted by Gasteiger charge is 2.20. The van der Waals surface area contributed by atoms with Gasteiger partial charge >= 0.3 is 0 Å². The van der Waals surface area contributed by atoms with Crippen molar-refractivity contribution in [3.05, 3.63) is 39.6 Å². The summed E-state index contributed by atoms with van der Waals surface area (Å²) in [6.45, 7) is 5.76. The van der Waals surface area contributed by atoms with Gasteiger partial charge in [-0.05, 0) is 12.8 Å². The largest absolute Gasteiger partial charge is 0.338 e. The Kier molecular flexibility index (Phi) is 2.87. The molecule has 106 valence electrons. The van der Waals surface area contributed by atoms with Crippen molar-refractivity contribution in [1.29, 1.82) is 5.26 Å². The van der Waals surface area contributed by atoms with Crippen LogP contribution in [0.25, 0.3) is 16.9 Å². The van der Waals surface area contributed by atoms with Crippen molar-refractivity contribution in [3.8, 4) is 17.3 Å². The van der Waals surface area contributed by atoms with Crippen LogP contribution in [0.15, 0.2) is 17.2 Å². The van der Waals surface area contributed by atoms with E-state index >= 15 is 0 Å². The number of nitrogens with one attached hydrogen (secondary N) is 2. The molecule has 7 nitrogen and oxygen atoms in total. The van der Waals surface area contributed by atoms with Crippen molar-refractivity contribution in [2.45, 2.75) is 26.7 Å². The molecule has 0 radical (unpaired) electrons. The minimum absolute atomic E-state index is 0.0113. The van der Waals surface area contributed by atoms with Gasteiger partial charge in [-0.1, -0.05) is 13.8 Å². The number of aromatic amines is 2. The summed E-state index contributed by atoms with van der Waals surface area (Å²) in [6.07, 6.45) is 3.13. The summed E-state index contributed by atoms with van der Waals surface area (Å²) in [7, 11) is 0. The van der Waals surface area contributed by atoms with Gasteiger partial charge in [0.15, 0.2) is 5.65 Å². The van der Waals surface area contributed by atoms with Gasteiger partial charge in [-0.25, -0.2) is 0 Å². The number of H-pyrrole nitrogens is 2. The molecule has 3 aromatic rings. The molecule has 0 aliphatic carbocycles. The van der Waals surface area contributed by atoms with Gasteiger partial charge in [-0.2, -0.15) is 20.0 Å². The lowest BCUT2D eigenvalue weighted by atomic mass is 9.99. The number of fused-ring (bicyclic) bond motifs is 1. The first-order chi connectivity index (χ1) is 10.0. The van der Waals surface area contributed by atoms with E-state index in [1.807, 2.05) is 26.8 Å². The van der Waals surface area contributed by atoms with E-state index in [1.165, 1.54) is 10.7 Å². The number of aryl methyl sites for hydroxylation is 1. The molecule has 3 aromatic heterocycles. The first-order valence-electron chi connectivity index (χ1n) is 6.59. The fourth-order valence-corrected chi connectivity index (χ4v) is 2.47. The maximum absolute atomic E-state index is 12.7. The average molecular weight is 282 g/mol. The molecule has 0 spiro atoms. The first-order valence-corrected chi connectivity index (χ1v) is 6.59. The minimum atomic E-state index is -0.212. The summed E-state index contributed by atoms with van der Waals surface area (Å²) < 4.78 is 1.24. The molecule has 3 rings (SSSR count). The van der Waals surface area contributed by atoms with Crippen LogP contribution >= 0.6 is 0 Å². The van der Waals surface area contributed by atoms with Crippen LogP contribution in [0.3, 0.4) is 0 Å². The topological polar surface area (TPSA) is 103 Å². The van der Waals surface area contributed by atoms with E-state index in [4.69, 9.17) is 5.26 Å². The van der Waals surface area contributed by atoms with Crippen LogP contribution in [0.2, 0.25) is 0 Å². The molecule has 3 heterocycles. The Morgan fingerprint density at radius 2 is 2.19 bits per heavy atom. The van der Waals surface area contributed by atoms with Crippen LogP contribution in [0.4, 0.5) is 0 Å². The summed E-state index contributed by atoms with van der Waals surface area (Å²) in [5.74, 6) is 0.0113. The van der Waals surface area contributed by atoms with E-state index in [0.717, 1.165) is 11.3 Å². The van der Waals surface area contributed by atoms with Crippen molar-refractivity contribution in [1.82, 2.24) is 24.8 Å². The molecular weight excluding hydrogens is 268 g/mol. The molecule has 7 heteroatoms. The quantitative estimate of drug-likeness (QED) is 0.746. The second kappa shape index (κ2) is 4.59. The maximum Gasteiger partial charge on any atom is 0.278 e. The SMILES string of the molecule is Cc1n[nH]cc1-c1[nH]c2c(C#N)cnn2c(=O)c1C(C)C. The van der Waals surface area contributed by atoms with E-state index in [1.54, 1.807) is 6.20 Å². The second-order valence-electron chi connectivity index (χ2n) is 5.19. The van der Waals surface area contributed by atoms with Crippen LogP contribution in [-0.2, 0) is 0 Å². The summed E-state index contributed by atoms with van der Waals surface area (Å²) in [6, 6.07) is 2.04. The van der Waals surface area contributed by atoms with E-state index in [9.17, 15) is 4.79 Å². The van der Waals surface area contributed by atoms with Gasteiger partial charge in [0.25, 0.3) is 5.56 Å². The Hall–Kier alpha value is -2.88. The molecule has 2 N–H and O–H groups in total. The van der Waals surface area contributed by atoms with Gasteiger partial charge in [0.1, 0.15) is 11.6 Å². The Bertz CT molecular complexity index is 921. The zero-order valence-electron chi connectivity index (χ0n) is 11.9. The van der Waals surface area contributed by atoms with Crippen LogP contribution < -0.4 is 5.56 Å². The molecule has 0 bridgehead atoms. The molecular formula is C14H14N6O. The van der Waals surface area contributed by atoms with E-state index < -0.39 is 0 Å². The number of hydrogen-bond donors (Lipinski definition) is 2. The molecule has 0 aromatic carbocycles. The molecule has 21 heavy (non-hydrogen) atoms. The highest BCUT2D eigenvalue weighted by atomic mass is 16.1. The fraction of sp³-hybridized carbons (Fsp3) is 0.286. The van der Waals surface area contributed by atoms with Crippen LogP contribution in [-0.4, -0.2) is 24.8 Å². The molecule has 0 saturated heterocycles. The van der Waals surface area contributed by atoms with E-state index in [0.29, 0.717) is 22.5 Å². The number of rotatable bonds is 2. The van der Waals surface area contributed by atoms with E-state index in [2.05, 4.69) is 20.3 Å². The van der Waals surface area contributed by atoms with Gasteiger partial charge in [-0.3, -0.25) is 9.89 Å². The third-order valence-electron chi connectivity index (χ3n) is 3.50. The van der Waals surface area contributed by atoms with Gasteiger partial charge < -0.3 is 4.98 Å². The lowest BCUT2D eigenvalue weighted by Crippen LogP contribution is -2.22. The summed E-state index contributed by atoms with van der Waals surface area (Å²) in [5.41, 5.74) is 3.45. The van der Waals surface area contributed by atoms with E-state index in [-0.39, 0.29) is 11.5 Å². The molecule has 0 unspecified atom stereocenters. The van der Waals surface area contributed by atoms with Crippen molar-refractivity contribution in [2.75, 3.05) is 0 Å². The number of aromatic nitrogens is 5. The van der Waals surface area contributed by atoms with Gasteiger partial charge in [0.2, 0.25) is 0 Å². The zero-order chi connectivity index (χ0) is 15.1. The smallest absolute Gasteiger partial charge is 0.278 e. The Morgan fingerprint density at radius 1 is 1.43 bits per heavy atom. The first kappa shape index (κ1) is 13.1. The van der Waals surface area contributed by atoms with Crippen LogP contribution in [0, 0.1) is 18.3 Å². The maximum atomic E-state index is 12.7. The van der Waals surface area contributed by atoms with Crippen molar-refractivity contribution in [3.63, 3.8) is 0 Å². The van der Waals surface area contributed by atoms with Gasteiger partial charge in [0.05, 0.1) is 17.6 Å². The zero-order valence-corrected chi connectivity index (χ0v) is 11.9. The van der Waals surface area contributed by atoms with Crippen molar-refractivity contribution >= 4 is 5.65 Å². The molecule has 0 aliphatic rings. The standard InChI is InChI=1S/C14H14N6O/c1-7(2)11-12(10-6-16-19-8(10)3)18-13-9(4-15)5-17-20(13)14(11)21/h5-7,18H,1-3H3,(H,16,19). The van der Waals surface area contributed by atoms with Gasteiger partial charge in [0, 0.05) is 17.3 Å². The molecule has 0 fully saturated rings. The molecule has 0 amide bonds. The lowest BCUT2D eigenvalue weighted by Gasteiger charge is -2.12. The normalized spacial score (nSPS) is 11.2. The lowest BCUT2D eigenvalue weighted by molar-refractivity contribution is 0.797. The van der Waals surface area contributed by atoms with Crippen LogP contribution in [0.1, 0.15) is 36.6 Å². The number of nitrogens with zero attached hydrogens (tertiary/aromatic N) is 4. The predicted molar refractivity (Wildman–Crippen MR) is 76.9 cm³/mol.